The fourth-order valence-electron chi connectivity index (χ4n) is 3.06. The number of hydrogen-bond donors (Lipinski definition) is 2. The third-order valence-corrected chi connectivity index (χ3v) is 5.66. The first-order valence-electron chi connectivity index (χ1n) is 10.1. The number of amides is 2. The molecule has 8 nitrogen and oxygen atoms in total. The van der Waals surface area contributed by atoms with Crippen LogP contribution < -0.4 is 24.8 Å². The van der Waals surface area contributed by atoms with Crippen LogP contribution >= 0.6 is 11.3 Å². The monoisotopic (exact) mass is 481 g/mol. The maximum absolute atomic E-state index is 13.0. The summed E-state index contributed by atoms with van der Waals surface area (Å²) in [6, 6.07) is 15.5. The third kappa shape index (κ3) is 5.41. The van der Waals surface area contributed by atoms with Gasteiger partial charge in [0.25, 0.3) is 11.8 Å². The average molecular weight is 482 g/mol. The largest absolute Gasteiger partial charge is 0.497 e. The van der Waals surface area contributed by atoms with Crippen LogP contribution in [-0.2, 0) is 4.79 Å². The zero-order valence-corrected chi connectivity index (χ0v) is 19.1. The van der Waals surface area contributed by atoms with Gasteiger partial charge in [-0.3, -0.25) is 14.9 Å². The molecule has 174 valence electrons. The summed E-state index contributed by atoms with van der Waals surface area (Å²) in [5, 5.41) is 5.83. The minimum absolute atomic E-state index is 0.288. The lowest BCUT2D eigenvalue weighted by Gasteiger charge is -2.12. The van der Waals surface area contributed by atoms with Gasteiger partial charge in [-0.05, 0) is 60.7 Å². The van der Waals surface area contributed by atoms with Crippen molar-refractivity contribution in [1.82, 2.24) is 4.98 Å². The molecule has 4 aromatic rings. The highest BCUT2D eigenvalue weighted by Gasteiger charge is 2.15. The van der Waals surface area contributed by atoms with Crippen LogP contribution in [0.1, 0.15) is 10.4 Å². The number of anilines is 2. The Hall–Kier alpha value is -4.18. The Kier molecular flexibility index (Phi) is 6.88. The molecule has 0 fully saturated rings. The van der Waals surface area contributed by atoms with Crippen LogP contribution in [0.15, 0.2) is 60.7 Å². The number of carbonyl (C=O) groups excluding carboxylic acids is 2. The van der Waals surface area contributed by atoms with E-state index < -0.39 is 11.7 Å². The lowest BCUT2D eigenvalue weighted by atomic mass is 10.2. The van der Waals surface area contributed by atoms with Crippen LogP contribution in [0.4, 0.5) is 15.2 Å². The molecule has 1 aromatic heterocycles. The standard InChI is InChI=1S/C24H20FN3O5S/c1-31-17-8-9-18-21(12-17)34-24(27-18)28-23(30)14-3-10-19(20(11-14)32-2)33-13-22(29)26-16-6-4-15(25)5-7-16/h3-12H,13H2,1-2H3,(H,26,29)(H,27,28,30). The Bertz CT molecular complexity index is 1340. The Morgan fingerprint density at radius 1 is 0.941 bits per heavy atom. The van der Waals surface area contributed by atoms with E-state index in [2.05, 4.69) is 15.6 Å². The first kappa shape index (κ1) is 23.0. The molecule has 10 heteroatoms. The van der Waals surface area contributed by atoms with Crippen molar-refractivity contribution in [2.45, 2.75) is 0 Å². The zero-order valence-electron chi connectivity index (χ0n) is 18.3. The SMILES string of the molecule is COc1ccc2nc(NC(=O)c3ccc(OCC(=O)Nc4ccc(F)cc4)c(OC)c3)sc2c1. The van der Waals surface area contributed by atoms with E-state index in [0.717, 1.165) is 10.2 Å². The fraction of sp³-hybridized carbons (Fsp3) is 0.125. The summed E-state index contributed by atoms with van der Waals surface area (Å²) < 4.78 is 29.9. The highest BCUT2D eigenvalue weighted by atomic mass is 32.1. The van der Waals surface area contributed by atoms with Crippen LogP contribution in [0, 0.1) is 5.82 Å². The van der Waals surface area contributed by atoms with Gasteiger partial charge < -0.3 is 19.5 Å². The summed E-state index contributed by atoms with van der Waals surface area (Å²) in [6.07, 6.45) is 0. The van der Waals surface area contributed by atoms with E-state index >= 15 is 0 Å². The Morgan fingerprint density at radius 2 is 1.74 bits per heavy atom. The van der Waals surface area contributed by atoms with E-state index in [1.165, 1.54) is 48.8 Å². The van der Waals surface area contributed by atoms with Gasteiger partial charge in [0.05, 0.1) is 24.4 Å². The smallest absolute Gasteiger partial charge is 0.262 e. The molecular formula is C24H20FN3O5S. The highest BCUT2D eigenvalue weighted by molar-refractivity contribution is 7.22. The van der Waals surface area contributed by atoms with Gasteiger partial charge in [-0.2, -0.15) is 0 Å². The first-order valence-corrected chi connectivity index (χ1v) is 10.9. The van der Waals surface area contributed by atoms with Crippen LogP contribution in [-0.4, -0.2) is 37.6 Å². The normalized spacial score (nSPS) is 10.6. The molecule has 34 heavy (non-hydrogen) atoms. The van der Waals surface area contributed by atoms with Gasteiger partial charge in [-0.15, -0.1) is 0 Å². The van der Waals surface area contributed by atoms with E-state index in [4.69, 9.17) is 14.2 Å². The minimum atomic E-state index is -0.428. The number of nitrogens with zero attached hydrogens (tertiary/aromatic N) is 1. The molecule has 0 saturated heterocycles. The second-order valence-corrected chi connectivity index (χ2v) is 8.05. The van der Waals surface area contributed by atoms with E-state index in [1.54, 1.807) is 25.3 Å². The molecule has 2 amide bonds. The van der Waals surface area contributed by atoms with Crippen molar-refractivity contribution >= 4 is 44.2 Å². The van der Waals surface area contributed by atoms with Crippen LogP contribution in [0.3, 0.4) is 0 Å². The number of carbonyl (C=O) groups is 2. The van der Waals surface area contributed by atoms with E-state index in [9.17, 15) is 14.0 Å². The molecule has 0 atom stereocenters. The Morgan fingerprint density at radius 3 is 2.47 bits per heavy atom. The van der Waals surface area contributed by atoms with Crippen molar-refractivity contribution in [1.29, 1.82) is 0 Å². The van der Waals surface area contributed by atoms with E-state index in [-0.39, 0.29) is 18.3 Å². The molecule has 1 heterocycles. The van der Waals surface area contributed by atoms with Gasteiger partial charge >= 0.3 is 0 Å². The summed E-state index contributed by atoms with van der Waals surface area (Å²) in [5.41, 5.74) is 1.53. The van der Waals surface area contributed by atoms with Gasteiger partial charge in [-0.25, -0.2) is 9.37 Å². The topological polar surface area (TPSA) is 98.8 Å². The van der Waals surface area contributed by atoms with Crippen molar-refractivity contribution in [3.63, 3.8) is 0 Å². The van der Waals surface area contributed by atoms with Crippen molar-refractivity contribution in [3.8, 4) is 17.2 Å². The summed E-state index contributed by atoms with van der Waals surface area (Å²) in [4.78, 5) is 29.3. The molecule has 2 N–H and O–H groups in total. The van der Waals surface area contributed by atoms with Gasteiger partial charge in [0.1, 0.15) is 11.6 Å². The summed E-state index contributed by atoms with van der Waals surface area (Å²) >= 11 is 1.33. The van der Waals surface area contributed by atoms with Gasteiger partial charge in [-0.1, -0.05) is 11.3 Å². The summed E-state index contributed by atoms with van der Waals surface area (Å²) in [6.45, 7) is -0.297. The molecule has 0 aliphatic rings. The second kappa shape index (κ2) is 10.2. The van der Waals surface area contributed by atoms with Gasteiger partial charge in [0, 0.05) is 11.3 Å². The summed E-state index contributed by atoms with van der Waals surface area (Å²) in [5.74, 6) is 0.0942. The van der Waals surface area contributed by atoms with Gasteiger partial charge in [0.2, 0.25) is 0 Å². The predicted octanol–water partition coefficient (Wildman–Crippen LogP) is 4.72. The molecule has 3 aromatic carbocycles. The predicted molar refractivity (Wildman–Crippen MR) is 128 cm³/mol. The molecule has 0 bridgehead atoms. The number of benzene rings is 3. The number of methoxy groups -OCH3 is 2. The quantitative estimate of drug-likeness (QED) is 0.378. The molecule has 0 saturated carbocycles. The molecular weight excluding hydrogens is 461 g/mol. The lowest BCUT2D eigenvalue weighted by Crippen LogP contribution is -2.20. The number of aromatic nitrogens is 1. The Labute approximate surface area is 198 Å². The molecule has 0 spiro atoms. The maximum Gasteiger partial charge on any atom is 0.262 e. The molecule has 4 rings (SSSR count). The van der Waals surface area contributed by atoms with Crippen molar-refractivity contribution in [2.24, 2.45) is 0 Å². The second-order valence-electron chi connectivity index (χ2n) is 7.02. The minimum Gasteiger partial charge on any atom is -0.497 e. The first-order chi connectivity index (χ1) is 16.4. The van der Waals surface area contributed by atoms with Crippen molar-refractivity contribution in [3.05, 3.63) is 72.0 Å². The van der Waals surface area contributed by atoms with E-state index in [0.29, 0.717) is 27.9 Å². The fourth-order valence-corrected chi connectivity index (χ4v) is 3.95. The molecule has 0 radical (unpaired) electrons. The van der Waals surface area contributed by atoms with Crippen LogP contribution in [0.25, 0.3) is 10.2 Å². The maximum atomic E-state index is 13.0. The average Bonchev–Trinajstić information content (AvgIpc) is 3.25. The number of rotatable bonds is 8. The van der Waals surface area contributed by atoms with Gasteiger partial charge in [0.15, 0.2) is 23.2 Å². The number of halogens is 1. The van der Waals surface area contributed by atoms with Crippen molar-refractivity contribution < 1.29 is 28.2 Å². The molecule has 0 aliphatic heterocycles. The lowest BCUT2D eigenvalue weighted by molar-refractivity contribution is -0.118. The van der Waals surface area contributed by atoms with Crippen LogP contribution in [0.2, 0.25) is 0 Å². The highest BCUT2D eigenvalue weighted by Crippen LogP contribution is 2.31. The van der Waals surface area contributed by atoms with Crippen molar-refractivity contribution in [2.75, 3.05) is 31.5 Å². The van der Waals surface area contributed by atoms with Crippen LogP contribution in [0.5, 0.6) is 17.2 Å². The number of thiazole rings is 1. The zero-order chi connectivity index (χ0) is 24.1. The molecule has 0 unspecified atom stereocenters. The number of nitrogens with one attached hydrogen (secondary N) is 2. The molecule has 0 aliphatic carbocycles. The number of fused-ring (bicyclic) bond motifs is 1. The third-order valence-electron chi connectivity index (χ3n) is 4.73. The van der Waals surface area contributed by atoms with E-state index in [1.807, 2.05) is 12.1 Å². The number of hydrogen-bond acceptors (Lipinski definition) is 7. The Balaban J connectivity index is 1.40. The summed E-state index contributed by atoms with van der Waals surface area (Å²) in [7, 11) is 3.02. The number of ether oxygens (including phenoxy) is 3.